The van der Waals surface area contributed by atoms with Crippen molar-refractivity contribution in [2.75, 3.05) is 11.9 Å². The van der Waals surface area contributed by atoms with Crippen LogP contribution < -0.4 is 11.1 Å². The predicted octanol–water partition coefficient (Wildman–Crippen LogP) is 2.99. The Labute approximate surface area is 123 Å². The number of fused-ring (bicyclic) bond motifs is 1. The molecule has 1 unspecified atom stereocenters. The van der Waals surface area contributed by atoms with E-state index in [1.54, 1.807) is 12.3 Å². The zero-order valence-electron chi connectivity index (χ0n) is 12.3. The van der Waals surface area contributed by atoms with Crippen LogP contribution in [-0.2, 0) is 0 Å². The maximum Gasteiger partial charge on any atom is 0.278 e. The largest absolute Gasteiger partial charge is 0.381 e. The van der Waals surface area contributed by atoms with Gasteiger partial charge in [0.15, 0.2) is 0 Å². The molecule has 0 amide bonds. The number of nitro benzene ring substituents is 1. The highest BCUT2D eigenvalue weighted by Crippen LogP contribution is 2.31. The average molecular weight is 288 g/mol. The van der Waals surface area contributed by atoms with E-state index in [1.165, 1.54) is 6.07 Å². The number of nitrogens with one attached hydrogen (secondary N) is 1. The van der Waals surface area contributed by atoms with Gasteiger partial charge >= 0.3 is 0 Å². The fraction of sp³-hybridized carbons (Fsp3) is 0.400. The molecule has 2 aromatic rings. The van der Waals surface area contributed by atoms with Gasteiger partial charge in [-0.25, -0.2) is 0 Å². The van der Waals surface area contributed by atoms with Gasteiger partial charge in [0.05, 0.1) is 10.3 Å². The number of hydrogen-bond acceptors (Lipinski definition) is 5. The van der Waals surface area contributed by atoms with Crippen LogP contribution in [-0.4, -0.2) is 22.5 Å². The Morgan fingerprint density at radius 3 is 2.81 bits per heavy atom. The molecule has 1 heterocycles. The molecule has 0 fully saturated rings. The summed E-state index contributed by atoms with van der Waals surface area (Å²) in [5.41, 5.74) is 7.54. The highest BCUT2D eigenvalue weighted by molar-refractivity contribution is 5.99. The molecule has 0 spiro atoms. The number of non-ortho nitro benzene ring substituents is 1. The lowest BCUT2D eigenvalue weighted by Gasteiger charge is -2.19. The van der Waals surface area contributed by atoms with Crippen LogP contribution in [0.5, 0.6) is 0 Å². The average Bonchev–Trinajstić information content (AvgIpc) is 2.46. The summed E-state index contributed by atoms with van der Waals surface area (Å²) in [4.78, 5) is 14.9. The third kappa shape index (κ3) is 3.28. The molecule has 3 N–H and O–H groups in total. The molecular formula is C15H20N4O2. The number of aryl methyl sites for hydroxylation is 1. The Kier molecular flexibility index (Phi) is 4.70. The van der Waals surface area contributed by atoms with Crippen LogP contribution in [0.2, 0.25) is 0 Å². The standard InChI is InChI=1S/C15H20N4O2/c1-3-4-11(8-16)18-14-5-6-15(19(20)21)13-9-17-10(2)7-12(13)14/h5-7,9,11,18H,3-4,8,16H2,1-2H3. The lowest BCUT2D eigenvalue weighted by atomic mass is 10.1. The minimum absolute atomic E-state index is 0.0721. The molecule has 112 valence electrons. The molecule has 2 rings (SSSR count). The second-order valence-electron chi connectivity index (χ2n) is 5.13. The molecule has 0 bridgehead atoms. The molecule has 1 aromatic heterocycles. The van der Waals surface area contributed by atoms with Crippen LogP contribution in [0.3, 0.4) is 0 Å². The second-order valence-corrected chi connectivity index (χ2v) is 5.13. The van der Waals surface area contributed by atoms with Crippen LogP contribution in [0.4, 0.5) is 11.4 Å². The lowest BCUT2D eigenvalue weighted by Crippen LogP contribution is -2.28. The number of pyridine rings is 1. The normalized spacial score (nSPS) is 12.3. The third-order valence-corrected chi connectivity index (χ3v) is 3.49. The van der Waals surface area contributed by atoms with Gasteiger partial charge in [0.25, 0.3) is 5.69 Å². The number of aromatic nitrogens is 1. The molecule has 6 nitrogen and oxygen atoms in total. The Morgan fingerprint density at radius 1 is 1.43 bits per heavy atom. The minimum Gasteiger partial charge on any atom is -0.381 e. The van der Waals surface area contributed by atoms with Gasteiger partial charge in [0.2, 0.25) is 0 Å². The van der Waals surface area contributed by atoms with Crippen molar-refractivity contribution in [1.82, 2.24) is 4.98 Å². The molecule has 6 heteroatoms. The van der Waals surface area contributed by atoms with Crippen LogP contribution in [0.15, 0.2) is 24.4 Å². The number of nitrogens with two attached hydrogens (primary N) is 1. The van der Waals surface area contributed by atoms with Gasteiger partial charge in [-0.3, -0.25) is 15.1 Å². The molecule has 1 aromatic carbocycles. The van der Waals surface area contributed by atoms with Crippen molar-refractivity contribution in [3.8, 4) is 0 Å². The van der Waals surface area contributed by atoms with Crippen molar-refractivity contribution < 1.29 is 4.92 Å². The SMILES string of the molecule is CCCC(CN)Nc1ccc([N+](=O)[O-])c2cnc(C)cc12. The van der Waals surface area contributed by atoms with E-state index in [0.717, 1.165) is 29.6 Å². The predicted molar refractivity (Wildman–Crippen MR) is 84.5 cm³/mol. The fourth-order valence-electron chi connectivity index (χ4n) is 2.43. The smallest absolute Gasteiger partial charge is 0.278 e. The van der Waals surface area contributed by atoms with Crippen LogP contribution in [0.1, 0.15) is 25.5 Å². The lowest BCUT2D eigenvalue weighted by molar-refractivity contribution is -0.383. The highest BCUT2D eigenvalue weighted by Gasteiger charge is 2.16. The monoisotopic (exact) mass is 288 g/mol. The molecular weight excluding hydrogens is 268 g/mol. The molecule has 1 atom stereocenters. The van der Waals surface area contributed by atoms with Crippen LogP contribution in [0.25, 0.3) is 10.8 Å². The topological polar surface area (TPSA) is 94.1 Å². The van der Waals surface area contributed by atoms with Gasteiger partial charge in [-0.05, 0) is 25.5 Å². The van der Waals surface area contributed by atoms with Crippen molar-refractivity contribution in [1.29, 1.82) is 0 Å². The van der Waals surface area contributed by atoms with E-state index in [4.69, 9.17) is 5.73 Å². The summed E-state index contributed by atoms with van der Waals surface area (Å²) in [6.07, 6.45) is 3.55. The van der Waals surface area contributed by atoms with Gasteiger partial charge in [0, 0.05) is 41.6 Å². The number of anilines is 1. The van der Waals surface area contributed by atoms with Crippen molar-refractivity contribution in [3.05, 3.63) is 40.2 Å². The Bertz CT molecular complexity index is 657. The fourth-order valence-corrected chi connectivity index (χ4v) is 2.43. The summed E-state index contributed by atoms with van der Waals surface area (Å²) < 4.78 is 0. The van der Waals surface area contributed by atoms with E-state index in [-0.39, 0.29) is 16.7 Å². The van der Waals surface area contributed by atoms with Gasteiger partial charge in [-0.2, -0.15) is 0 Å². The summed E-state index contributed by atoms with van der Waals surface area (Å²) in [6.45, 7) is 4.50. The number of hydrogen-bond donors (Lipinski definition) is 2. The van der Waals surface area contributed by atoms with Crippen LogP contribution in [0, 0.1) is 17.0 Å². The van der Waals surface area contributed by atoms with E-state index in [9.17, 15) is 10.1 Å². The Balaban J connectivity index is 2.51. The van der Waals surface area contributed by atoms with Gasteiger partial charge < -0.3 is 11.1 Å². The summed E-state index contributed by atoms with van der Waals surface area (Å²) >= 11 is 0. The van der Waals surface area contributed by atoms with E-state index in [1.807, 2.05) is 13.0 Å². The first-order valence-electron chi connectivity index (χ1n) is 7.07. The maximum absolute atomic E-state index is 11.1. The summed E-state index contributed by atoms with van der Waals surface area (Å²) in [5, 5.41) is 15.9. The van der Waals surface area contributed by atoms with E-state index in [2.05, 4.69) is 17.2 Å². The first kappa shape index (κ1) is 15.2. The maximum atomic E-state index is 11.1. The first-order chi connectivity index (χ1) is 10.1. The number of benzene rings is 1. The highest BCUT2D eigenvalue weighted by atomic mass is 16.6. The Hall–Kier alpha value is -2.21. The quantitative estimate of drug-likeness (QED) is 0.629. The molecule has 0 aliphatic heterocycles. The number of nitrogens with zero attached hydrogens (tertiary/aromatic N) is 2. The van der Waals surface area contributed by atoms with Crippen molar-refractivity contribution >= 4 is 22.1 Å². The Morgan fingerprint density at radius 2 is 2.19 bits per heavy atom. The molecule has 21 heavy (non-hydrogen) atoms. The van der Waals surface area contributed by atoms with Gasteiger partial charge in [-0.1, -0.05) is 13.3 Å². The summed E-state index contributed by atoms with van der Waals surface area (Å²) in [6, 6.07) is 5.29. The molecule has 0 saturated heterocycles. The second kappa shape index (κ2) is 6.49. The minimum atomic E-state index is -0.379. The van der Waals surface area contributed by atoms with Crippen LogP contribution >= 0.6 is 0 Å². The van der Waals surface area contributed by atoms with Gasteiger partial charge in [0.1, 0.15) is 0 Å². The molecule has 0 radical (unpaired) electrons. The van der Waals surface area contributed by atoms with E-state index in [0.29, 0.717) is 11.9 Å². The zero-order valence-corrected chi connectivity index (χ0v) is 12.3. The van der Waals surface area contributed by atoms with Crippen molar-refractivity contribution in [2.24, 2.45) is 5.73 Å². The van der Waals surface area contributed by atoms with E-state index >= 15 is 0 Å². The van der Waals surface area contributed by atoms with Crippen molar-refractivity contribution in [3.63, 3.8) is 0 Å². The summed E-state index contributed by atoms with van der Waals surface area (Å²) in [7, 11) is 0. The molecule has 0 aliphatic carbocycles. The van der Waals surface area contributed by atoms with E-state index < -0.39 is 0 Å². The zero-order chi connectivity index (χ0) is 15.4. The molecule has 0 aliphatic rings. The number of rotatable bonds is 6. The number of nitro groups is 1. The van der Waals surface area contributed by atoms with Crippen molar-refractivity contribution in [2.45, 2.75) is 32.7 Å². The first-order valence-corrected chi connectivity index (χ1v) is 7.07. The summed E-state index contributed by atoms with van der Waals surface area (Å²) in [5.74, 6) is 0. The third-order valence-electron chi connectivity index (χ3n) is 3.49. The molecule has 0 saturated carbocycles. The van der Waals surface area contributed by atoms with Gasteiger partial charge in [-0.15, -0.1) is 0 Å².